The van der Waals surface area contributed by atoms with Crippen LogP contribution >= 0.6 is 11.6 Å². The molecular weight excluding hydrogens is 252 g/mol. The number of aliphatic hydroxyl groups excluding tert-OH is 1. The summed E-state index contributed by atoms with van der Waals surface area (Å²) in [6.45, 7) is 1.74. The molecule has 18 heavy (non-hydrogen) atoms. The molecule has 1 amide bonds. The Balaban J connectivity index is 2.16. The molecular formula is C13H17ClN2O2. The predicted molar refractivity (Wildman–Crippen MR) is 69.7 cm³/mol. The lowest BCUT2D eigenvalue weighted by atomic mass is 9.98. The van der Waals surface area contributed by atoms with Crippen LogP contribution < -0.4 is 5.32 Å². The Morgan fingerprint density at radius 2 is 2.17 bits per heavy atom. The number of nitrogens with one attached hydrogen (secondary N) is 1. The Morgan fingerprint density at radius 1 is 1.50 bits per heavy atom. The molecule has 0 spiro atoms. The molecule has 1 aromatic rings. The highest BCUT2D eigenvalue weighted by atomic mass is 35.5. The molecule has 0 atom stereocenters. The lowest BCUT2D eigenvalue weighted by Gasteiger charge is -2.28. The molecule has 0 bridgehead atoms. The topological polar surface area (TPSA) is 62.2 Å². The van der Waals surface area contributed by atoms with Gasteiger partial charge in [-0.3, -0.25) is 4.79 Å². The number of hydrogen-bond donors (Lipinski definition) is 2. The van der Waals surface area contributed by atoms with Crippen LogP contribution in [0.1, 0.15) is 41.7 Å². The van der Waals surface area contributed by atoms with E-state index in [1.54, 1.807) is 19.1 Å². The minimum absolute atomic E-state index is 0.0151. The monoisotopic (exact) mass is 268 g/mol. The van der Waals surface area contributed by atoms with E-state index < -0.39 is 5.54 Å². The zero-order valence-electron chi connectivity index (χ0n) is 10.4. The minimum Gasteiger partial charge on any atom is -0.394 e. The van der Waals surface area contributed by atoms with E-state index in [1.165, 1.54) is 0 Å². The van der Waals surface area contributed by atoms with Gasteiger partial charge in [-0.25, -0.2) is 4.98 Å². The van der Waals surface area contributed by atoms with E-state index in [2.05, 4.69) is 10.3 Å². The molecule has 0 saturated heterocycles. The second kappa shape index (κ2) is 5.24. The van der Waals surface area contributed by atoms with Gasteiger partial charge in [-0.05, 0) is 31.9 Å². The van der Waals surface area contributed by atoms with Gasteiger partial charge >= 0.3 is 0 Å². The fourth-order valence-electron chi connectivity index (χ4n) is 2.45. The molecule has 1 aliphatic rings. The van der Waals surface area contributed by atoms with Crippen molar-refractivity contribution in [1.29, 1.82) is 0 Å². The summed E-state index contributed by atoms with van der Waals surface area (Å²) in [6.07, 6.45) is 3.74. The third-order valence-corrected chi connectivity index (χ3v) is 3.75. The third-order valence-electron chi connectivity index (χ3n) is 3.54. The van der Waals surface area contributed by atoms with E-state index in [9.17, 15) is 9.90 Å². The maximum absolute atomic E-state index is 12.2. The number of halogens is 1. The number of carbonyl (C=O) groups is 1. The molecule has 2 rings (SSSR count). The van der Waals surface area contributed by atoms with Crippen LogP contribution in [0, 0.1) is 6.92 Å². The summed E-state index contributed by atoms with van der Waals surface area (Å²) in [6, 6.07) is 3.27. The molecule has 1 fully saturated rings. The van der Waals surface area contributed by atoms with Crippen molar-refractivity contribution in [2.75, 3.05) is 6.61 Å². The molecule has 1 aliphatic carbocycles. The lowest BCUT2D eigenvalue weighted by molar-refractivity contribution is 0.0837. The maximum Gasteiger partial charge on any atom is 0.253 e. The van der Waals surface area contributed by atoms with Crippen molar-refractivity contribution >= 4 is 17.5 Å². The largest absolute Gasteiger partial charge is 0.394 e. The van der Waals surface area contributed by atoms with Crippen LogP contribution in [0.15, 0.2) is 12.1 Å². The number of carbonyl (C=O) groups excluding carboxylic acids is 1. The average molecular weight is 269 g/mol. The average Bonchev–Trinajstić information content (AvgIpc) is 2.78. The van der Waals surface area contributed by atoms with Crippen molar-refractivity contribution in [3.63, 3.8) is 0 Å². The number of amides is 1. The van der Waals surface area contributed by atoms with Gasteiger partial charge in [0.2, 0.25) is 0 Å². The van der Waals surface area contributed by atoms with Crippen LogP contribution in [-0.4, -0.2) is 28.1 Å². The summed E-state index contributed by atoms with van der Waals surface area (Å²) < 4.78 is 0. The third kappa shape index (κ3) is 2.65. The number of aromatic nitrogens is 1. The van der Waals surface area contributed by atoms with Crippen molar-refractivity contribution in [2.24, 2.45) is 0 Å². The molecule has 1 aromatic heterocycles. The summed E-state index contributed by atoms with van der Waals surface area (Å²) in [5, 5.41) is 12.8. The first-order valence-corrected chi connectivity index (χ1v) is 6.51. The molecule has 0 unspecified atom stereocenters. The summed E-state index contributed by atoms with van der Waals surface area (Å²) in [5.41, 5.74) is 0.661. The SMILES string of the molecule is Cc1nc(Cl)ccc1C(=O)NC1(CO)CCCC1. The molecule has 0 aromatic carbocycles. The second-order valence-corrected chi connectivity index (χ2v) is 5.25. The summed E-state index contributed by atoms with van der Waals surface area (Å²) in [7, 11) is 0. The molecule has 2 N–H and O–H groups in total. The molecule has 1 heterocycles. The molecule has 1 saturated carbocycles. The van der Waals surface area contributed by atoms with Gasteiger partial charge in [0.15, 0.2) is 0 Å². The number of nitrogens with zero attached hydrogens (tertiary/aromatic N) is 1. The van der Waals surface area contributed by atoms with Crippen molar-refractivity contribution in [3.05, 3.63) is 28.5 Å². The highest BCUT2D eigenvalue weighted by Gasteiger charge is 2.35. The van der Waals surface area contributed by atoms with Crippen molar-refractivity contribution in [2.45, 2.75) is 38.1 Å². The van der Waals surface area contributed by atoms with E-state index in [1.807, 2.05) is 0 Å². The predicted octanol–water partition coefficient (Wildman–Crippen LogP) is 2.08. The fraction of sp³-hybridized carbons (Fsp3) is 0.538. The van der Waals surface area contributed by atoms with Gasteiger partial charge in [0.25, 0.3) is 5.91 Å². The van der Waals surface area contributed by atoms with Gasteiger partial charge in [0, 0.05) is 0 Å². The number of hydrogen-bond acceptors (Lipinski definition) is 3. The highest BCUT2D eigenvalue weighted by molar-refractivity contribution is 6.29. The van der Waals surface area contributed by atoms with Crippen LogP contribution in [0.4, 0.5) is 0 Å². The zero-order chi connectivity index (χ0) is 13.2. The van der Waals surface area contributed by atoms with Gasteiger partial charge in [-0.2, -0.15) is 0 Å². The van der Waals surface area contributed by atoms with E-state index in [0.29, 0.717) is 16.4 Å². The second-order valence-electron chi connectivity index (χ2n) is 4.87. The van der Waals surface area contributed by atoms with E-state index >= 15 is 0 Å². The Morgan fingerprint density at radius 3 is 2.72 bits per heavy atom. The number of rotatable bonds is 3. The summed E-state index contributed by atoms with van der Waals surface area (Å²) in [5.74, 6) is -0.187. The summed E-state index contributed by atoms with van der Waals surface area (Å²) >= 11 is 5.76. The van der Waals surface area contributed by atoms with E-state index in [4.69, 9.17) is 11.6 Å². The van der Waals surface area contributed by atoms with Crippen LogP contribution in [-0.2, 0) is 0 Å². The normalized spacial score (nSPS) is 17.7. The van der Waals surface area contributed by atoms with Gasteiger partial charge in [0.1, 0.15) is 5.15 Å². The number of aliphatic hydroxyl groups is 1. The van der Waals surface area contributed by atoms with E-state index in [-0.39, 0.29) is 12.5 Å². The Bertz CT molecular complexity index is 456. The van der Waals surface area contributed by atoms with Crippen LogP contribution in [0.5, 0.6) is 0 Å². The molecule has 98 valence electrons. The molecule has 4 nitrogen and oxygen atoms in total. The maximum atomic E-state index is 12.2. The Labute approximate surface area is 111 Å². The Kier molecular flexibility index (Phi) is 3.88. The molecule has 0 radical (unpaired) electrons. The van der Waals surface area contributed by atoms with Crippen LogP contribution in [0.3, 0.4) is 0 Å². The van der Waals surface area contributed by atoms with Gasteiger partial charge < -0.3 is 10.4 Å². The smallest absolute Gasteiger partial charge is 0.253 e. The molecule has 0 aliphatic heterocycles. The quantitative estimate of drug-likeness (QED) is 0.825. The highest BCUT2D eigenvalue weighted by Crippen LogP contribution is 2.29. The van der Waals surface area contributed by atoms with Crippen molar-refractivity contribution < 1.29 is 9.90 Å². The Hall–Kier alpha value is -1.13. The fourth-order valence-corrected chi connectivity index (χ4v) is 2.64. The lowest BCUT2D eigenvalue weighted by Crippen LogP contribution is -2.49. The first kappa shape index (κ1) is 13.3. The minimum atomic E-state index is -0.455. The molecule has 5 heteroatoms. The number of pyridine rings is 1. The van der Waals surface area contributed by atoms with Gasteiger partial charge in [-0.15, -0.1) is 0 Å². The van der Waals surface area contributed by atoms with Crippen molar-refractivity contribution in [1.82, 2.24) is 10.3 Å². The van der Waals surface area contributed by atoms with Crippen LogP contribution in [0.25, 0.3) is 0 Å². The van der Waals surface area contributed by atoms with Gasteiger partial charge in [0.05, 0.1) is 23.4 Å². The first-order valence-electron chi connectivity index (χ1n) is 6.13. The zero-order valence-corrected chi connectivity index (χ0v) is 11.1. The van der Waals surface area contributed by atoms with Crippen molar-refractivity contribution in [3.8, 4) is 0 Å². The van der Waals surface area contributed by atoms with Crippen LogP contribution in [0.2, 0.25) is 5.15 Å². The first-order chi connectivity index (χ1) is 8.56. The van der Waals surface area contributed by atoms with E-state index in [0.717, 1.165) is 25.7 Å². The van der Waals surface area contributed by atoms with Gasteiger partial charge in [-0.1, -0.05) is 24.4 Å². The number of aryl methyl sites for hydroxylation is 1. The standard InChI is InChI=1S/C13H17ClN2O2/c1-9-10(4-5-11(14)15-9)12(18)16-13(8-17)6-2-3-7-13/h4-5,17H,2-3,6-8H2,1H3,(H,16,18). The summed E-state index contributed by atoms with van der Waals surface area (Å²) in [4.78, 5) is 16.3.